The van der Waals surface area contributed by atoms with E-state index in [-0.39, 0.29) is 17.9 Å². The third kappa shape index (κ3) is 5.90. The largest absolute Gasteiger partial charge is 0.493 e. The van der Waals surface area contributed by atoms with E-state index >= 15 is 0 Å². The minimum absolute atomic E-state index is 0.0785. The Kier molecular flexibility index (Phi) is 7.94. The summed E-state index contributed by atoms with van der Waals surface area (Å²) in [6, 6.07) is 10.6. The van der Waals surface area contributed by atoms with E-state index in [4.69, 9.17) is 9.47 Å². The van der Waals surface area contributed by atoms with E-state index in [9.17, 15) is 5.26 Å². The Morgan fingerprint density at radius 2 is 1.65 bits per heavy atom. The molecular formula is C24H18Br2N12O2. The van der Waals surface area contributed by atoms with Crippen molar-refractivity contribution in [1.29, 1.82) is 5.26 Å². The molecule has 0 radical (unpaired) electrons. The second-order valence-electron chi connectivity index (χ2n) is 7.76. The average Bonchev–Trinajstić information content (AvgIpc) is 3.35. The number of nitrogens with zero attached hydrogens (tertiary/aromatic N) is 9. The quantitative estimate of drug-likeness (QED) is 0.0734. The molecule has 14 nitrogen and oxygen atoms in total. The molecule has 0 fully saturated rings. The van der Waals surface area contributed by atoms with Crippen LogP contribution in [0, 0.1) is 11.5 Å². The first-order valence-electron chi connectivity index (χ1n) is 11.3. The molecule has 0 spiro atoms. The number of benzene rings is 1. The molecule has 0 amide bonds. The first-order chi connectivity index (χ1) is 19.5. The van der Waals surface area contributed by atoms with E-state index < -0.39 is 0 Å². The molecule has 0 saturated heterocycles. The molecule has 16 heteroatoms. The fourth-order valence-corrected chi connectivity index (χ4v) is 3.98. The Balaban J connectivity index is 1.65. The summed E-state index contributed by atoms with van der Waals surface area (Å²) in [6.07, 6.45) is 6.47. The average molecular weight is 666 g/mol. The molecule has 0 unspecified atom stereocenters. The summed E-state index contributed by atoms with van der Waals surface area (Å²) in [6.45, 7) is 0. The summed E-state index contributed by atoms with van der Waals surface area (Å²) in [5.74, 6) is 1.73. The van der Waals surface area contributed by atoms with Gasteiger partial charge < -0.3 is 20.1 Å². The lowest BCUT2D eigenvalue weighted by Gasteiger charge is -2.11. The summed E-state index contributed by atoms with van der Waals surface area (Å²) in [5.41, 5.74) is 1.80. The van der Waals surface area contributed by atoms with Crippen molar-refractivity contribution in [2.24, 2.45) is 4.99 Å². The van der Waals surface area contributed by atoms with Gasteiger partial charge in [-0.05, 0) is 62.2 Å². The van der Waals surface area contributed by atoms with Gasteiger partial charge in [-0.15, -0.1) is 5.10 Å². The van der Waals surface area contributed by atoms with Gasteiger partial charge >= 0.3 is 0 Å². The molecule has 200 valence electrons. The zero-order chi connectivity index (χ0) is 28.1. The lowest BCUT2D eigenvalue weighted by molar-refractivity contribution is 0.355. The highest BCUT2D eigenvalue weighted by Gasteiger charge is 2.19. The molecule has 1 aromatic carbocycles. The molecule has 0 saturated carbocycles. The third-order valence-electron chi connectivity index (χ3n) is 5.27. The Bertz CT molecular complexity index is 1730. The number of hydrogen-bond donors (Lipinski definition) is 3. The number of pyridine rings is 2. The van der Waals surface area contributed by atoms with E-state index in [0.29, 0.717) is 48.8 Å². The minimum Gasteiger partial charge on any atom is -0.493 e. The van der Waals surface area contributed by atoms with Crippen molar-refractivity contribution in [3.8, 4) is 23.5 Å². The van der Waals surface area contributed by atoms with E-state index in [1.165, 1.54) is 18.1 Å². The summed E-state index contributed by atoms with van der Waals surface area (Å²) in [4.78, 5) is 26.3. The molecule has 4 aromatic heterocycles. The number of rotatable bonds is 7. The number of fused-ring (bicyclic) bond motifs is 1. The van der Waals surface area contributed by atoms with Gasteiger partial charge in [0, 0.05) is 11.5 Å². The number of aromatic nitrogens is 7. The van der Waals surface area contributed by atoms with Gasteiger partial charge in [0.2, 0.25) is 11.9 Å². The second-order valence-corrected chi connectivity index (χ2v) is 9.38. The third-order valence-corrected chi connectivity index (χ3v) is 6.21. The molecule has 0 aliphatic carbocycles. The van der Waals surface area contributed by atoms with Crippen molar-refractivity contribution in [1.82, 2.24) is 40.0 Å². The maximum absolute atomic E-state index is 9.38. The SMILES string of the molecule is COc1cc2ncnc(-n3nc(Nc4ccc(Br)nc4)nc3/N=C(/NC#N)Nc3ccc(Br)nc3)c2cc1OC. The van der Waals surface area contributed by atoms with Gasteiger partial charge in [0.05, 0.1) is 43.5 Å². The Hall–Kier alpha value is -4.88. The molecular weight excluding hydrogens is 648 g/mol. The number of nitriles is 1. The van der Waals surface area contributed by atoms with Crippen LogP contribution in [0.4, 0.5) is 23.3 Å². The van der Waals surface area contributed by atoms with Crippen LogP contribution in [0.3, 0.4) is 0 Å². The van der Waals surface area contributed by atoms with Crippen LogP contribution < -0.4 is 25.4 Å². The lowest BCUT2D eigenvalue weighted by atomic mass is 10.2. The van der Waals surface area contributed by atoms with Crippen molar-refractivity contribution < 1.29 is 9.47 Å². The van der Waals surface area contributed by atoms with Crippen LogP contribution in [0.2, 0.25) is 0 Å². The van der Waals surface area contributed by atoms with Crippen LogP contribution in [-0.2, 0) is 0 Å². The monoisotopic (exact) mass is 664 g/mol. The highest BCUT2D eigenvalue weighted by Crippen LogP contribution is 2.34. The molecule has 0 atom stereocenters. The fraction of sp³-hybridized carbons (Fsp3) is 0.0833. The van der Waals surface area contributed by atoms with Crippen LogP contribution in [0.5, 0.6) is 11.5 Å². The number of hydrogen-bond acceptors (Lipinski definition) is 11. The highest BCUT2D eigenvalue weighted by atomic mass is 79.9. The molecule has 0 aliphatic heterocycles. The predicted octanol–water partition coefficient (Wildman–Crippen LogP) is 4.46. The first-order valence-corrected chi connectivity index (χ1v) is 12.9. The summed E-state index contributed by atoms with van der Waals surface area (Å²) in [5, 5.41) is 23.2. The Morgan fingerprint density at radius 3 is 2.30 bits per heavy atom. The van der Waals surface area contributed by atoms with E-state index in [0.717, 1.165) is 0 Å². The van der Waals surface area contributed by atoms with E-state index in [1.54, 1.807) is 49.8 Å². The summed E-state index contributed by atoms with van der Waals surface area (Å²) >= 11 is 6.63. The van der Waals surface area contributed by atoms with E-state index in [2.05, 4.69) is 82.8 Å². The second kappa shape index (κ2) is 11.9. The number of nitrogens with one attached hydrogen (secondary N) is 3. The molecule has 3 N–H and O–H groups in total. The molecule has 4 heterocycles. The number of anilines is 3. The summed E-state index contributed by atoms with van der Waals surface area (Å²) < 4.78 is 13.7. The van der Waals surface area contributed by atoms with Crippen molar-refractivity contribution >= 4 is 72.0 Å². The first kappa shape index (κ1) is 26.7. The van der Waals surface area contributed by atoms with Crippen molar-refractivity contribution in [2.75, 3.05) is 24.9 Å². The fourth-order valence-electron chi connectivity index (χ4n) is 3.51. The maximum Gasteiger partial charge on any atom is 0.259 e. The van der Waals surface area contributed by atoms with Gasteiger partial charge in [0.25, 0.3) is 5.95 Å². The zero-order valence-corrected chi connectivity index (χ0v) is 24.0. The Morgan fingerprint density at radius 1 is 0.950 bits per heavy atom. The maximum atomic E-state index is 9.38. The summed E-state index contributed by atoms with van der Waals surface area (Å²) in [7, 11) is 3.08. The van der Waals surface area contributed by atoms with Crippen molar-refractivity contribution in [2.45, 2.75) is 0 Å². The topological polar surface area (TPSA) is 173 Å². The number of guanidine groups is 1. The molecule has 40 heavy (non-hydrogen) atoms. The van der Waals surface area contributed by atoms with Gasteiger partial charge in [-0.25, -0.2) is 19.9 Å². The lowest BCUT2D eigenvalue weighted by Crippen LogP contribution is -2.26. The highest BCUT2D eigenvalue weighted by molar-refractivity contribution is 9.10. The molecule has 0 aliphatic rings. The van der Waals surface area contributed by atoms with Gasteiger partial charge in [0.1, 0.15) is 15.5 Å². The molecule has 5 rings (SSSR count). The smallest absolute Gasteiger partial charge is 0.259 e. The van der Waals surface area contributed by atoms with Gasteiger partial charge in [-0.2, -0.15) is 19.9 Å². The van der Waals surface area contributed by atoms with E-state index in [1.807, 2.05) is 12.3 Å². The van der Waals surface area contributed by atoms with Crippen LogP contribution in [0.1, 0.15) is 0 Å². The van der Waals surface area contributed by atoms with Gasteiger partial charge in [-0.3, -0.25) is 5.32 Å². The number of methoxy groups -OCH3 is 2. The number of halogens is 2. The Labute approximate surface area is 243 Å². The van der Waals surface area contributed by atoms with Crippen molar-refractivity contribution in [3.63, 3.8) is 0 Å². The number of aliphatic imine (C=N–C) groups is 1. The van der Waals surface area contributed by atoms with Crippen LogP contribution in [-0.4, -0.2) is 54.9 Å². The minimum atomic E-state index is 0.0785. The zero-order valence-electron chi connectivity index (χ0n) is 20.8. The van der Waals surface area contributed by atoms with Gasteiger partial charge in [-0.1, -0.05) is 0 Å². The van der Waals surface area contributed by atoms with Crippen LogP contribution in [0.25, 0.3) is 16.7 Å². The molecule has 0 bridgehead atoms. The molecule has 5 aromatic rings. The van der Waals surface area contributed by atoms with Gasteiger partial charge in [0.15, 0.2) is 23.5 Å². The van der Waals surface area contributed by atoms with Crippen LogP contribution in [0.15, 0.2) is 69.3 Å². The normalized spacial score (nSPS) is 11.1. The number of ether oxygens (including phenoxy) is 2. The van der Waals surface area contributed by atoms with Crippen molar-refractivity contribution in [3.05, 3.63) is 64.3 Å². The standard InChI is InChI=1S/C24H18Br2N12O2/c1-39-17-7-15-16(8-18(17)40-2)31-12-32-21(15)38-24(36-23(37-38)34-14-4-6-20(26)29-10-14)35-22(30-11-27)33-13-3-5-19(25)28-9-13/h3-10,12H,1-2H3,(H3,30,33,34,35,36,37). The van der Waals surface area contributed by atoms with Crippen LogP contribution >= 0.6 is 31.9 Å². The predicted molar refractivity (Wildman–Crippen MR) is 154 cm³/mol.